The van der Waals surface area contributed by atoms with E-state index in [1.807, 2.05) is 0 Å². The van der Waals surface area contributed by atoms with Crippen LogP contribution in [0.1, 0.15) is 160 Å². The SMILES string of the molecule is CCCCCCCCCCCCCCC[C@H](CCCCCCCC)c1[nH]cc[n+]1C. The van der Waals surface area contributed by atoms with E-state index in [0.29, 0.717) is 0 Å². The summed E-state index contributed by atoms with van der Waals surface area (Å²) >= 11 is 0. The third-order valence-corrected chi connectivity index (χ3v) is 6.86. The number of H-pyrrole nitrogens is 1. The second kappa shape index (κ2) is 20.1. The molecule has 30 heavy (non-hydrogen) atoms. The first-order valence-electron chi connectivity index (χ1n) is 13.8. The highest BCUT2D eigenvalue weighted by molar-refractivity contribution is 4.89. The third kappa shape index (κ3) is 14.3. The summed E-state index contributed by atoms with van der Waals surface area (Å²) in [6.07, 6.45) is 34.2. The van der Waals surface area contributed by atoms with Gasteiger partial charge in [0.05, 0.1) is 13.0 Å². The van der Waals surface area contributed by atoms with Crippen molar-refractivity contribution in [3.05, 3.63) is 18.2 Å². The molecule has 2 nitrogen and oxygen atoms in total. The third-order valence-electron chi connectivity index (χ3n) is 6.86. The first-order chi connectivity index (χ1) is 14.8. The van der Waals surface area contributed by atoms with Gasteiger partial charge in [-0.1, -0.05) is 136 Å². The van der Waals surface area contributed by atoms with Crippen LogP contribution in [0.2, 0.25) is 0 Å². The molecule has 0 aromatic carbocycles. The Kier molecular flexibility index (Phi) is 18.3. The van der Waals surface area contributed by atoms with Gasteiger partial charge in [-0.25, -0.2) is 9.55 Å². The molecule has 0 radical (unpaired) electrons. The molecule has 0 saturated heterocycles. The molecule has 0 aliphatic carbocycles. The number of imidazole rings is 1. The summed E-state index contributed by atoms with van der Waals surface area (Å²) in [5.74, 6) is 2.17. The van der Waals surface area contributed by atoms with Gasteiger partial charge in [0, 0.05) is 0 Å². The molecule has 0 spiro atoms. The number of aromatic nitrogens is 2. The number of hydrogen-bond donors (Lipinski definition) is 1. The maximum atomic E-state index is 3.53. The van der Waals surface area contributed by atoms with Crippen LogP contribution in [-0.2, 0) is 7.05 Å². The summed E-state index contributed by atoms with van der Waals surface area (Å²) in [4.78, 5) is 3.53. The maximum absolute atomic E-state index is 3.53. The predicted octanol–water partition coefficient (Wildman–Crippen LogP) is 9.15. The molecule has 1 atom stereocenters. The van der Waals surface area contributed by atoms with Gasteiger partial charge in [0.25, 0.3) is 5.82 Å². The molecule has 1 aromatic heterocycles. The van der Waals surface area contributed by atoms with E-state index in [4.69, 9.17) is 0 Å². The summed E-state index contributed by atoms with van der Waals surface area (Å²) in [6.45, 7) is 4.60. The fraction of sp³-hybridized carbons (Fsp3) is 0.893. The average Bonchev–Trinajstić information content (AvgIpc) is 3.18. The Labute approximate surface area is 189 Å². The van der Waals surface area contributed by atoms with E-state index in [1.54, 1.807) is 0 Å². The van der Waals surface area contributed by atoms with E-state index in [1.165, 1.54) is 141 Å². The first-order valence-corrected chi connectivity index (χ1v) is 13.8. The van der Waals surface area contributed by atoms with Crippen LogP contribution < -0.4 is 4.57 Å². The van der Waals surface area contributed by atoms with Crippen LogP contribution in [0.15, 0.2) is 12.4 Å². The zero-order valence-corrected chi connectivity index (χ0v) is 21.0. The predicted molar refractivity (Wildman–Crippen MR) is 133 cm³/mol. The highest BCUT2D eigenvalue weighted by atomic mass is 15.0. The minimum Gasteiger partial charge on any atom is -0.247 e. The minimum atomic E-state index is 0.726. The van der Waals surface area contributed by atoms with Crippen molar-refractivity contribution < 1.29 is 4.57 Å². The molecular weight excluding hydrogens is 364 g/mol. The topological polar surface area (TPSA) is 19.7 Å². The zero-order chi connectivity index (χ0) is 21.7. The average molecular weight is 420 g/mol. The fourth-order valence-electron chi connectivity index (χ4n) is 4.82. The van der Waals surface area contributed by atoms with Crippen molar-refractivity contribution in [1.82, 2.24) is 4.98 Å². The minimum absolute atomic E-state index is 0.726. The van der Waals surface area contributed by atoms with Gasteiger partial charge in [-0.05, 0) is 12.8 Å². The van der Waals surface area contributed by atoms with Crippen LogP contribution in [0.5, 0.6) is 0 Å². The Morgan fingerprint density at radius 2 is 0.967 bits per heavy atom. The molecule has 0 amide bonds. The molecule has 0 fully saturated rings. The molecule has 0 saturated carbocycles. The number of unbranched alkanes of at least 4 members (excludes halogenated alkanes) is 17. The molecule has 1 aromatic rings. The van der Waals surface area contributed by atoms with E-state index < -0.39 is 0 Å². The lowest BCUT2D eigenvalue weighted by molar-refractivity contribution is -0.679. The van der Waals surface area contributed by atoms with Crippen molar-refractivity contribution in [1.29, 1.82) is 0 Å². The van der Waals surface area contributed by atoms with Crippen LogP contribution in [0.4, 0.5) is 0 Å². The summed E-state index contributed by atoms with van der Waals surface area (Å²) in [5, 5.41) is 0. The van der Waals surface area contributed by atoms with Crippen molar-refractivity contribution in [2.45, 2.75) is 155 Å². The van der Waals surface area contributed by atoms with E-state index in [9.17, 15) is 0 Å². The van der Waals surface area contributed by atoms with Gasteiger partial charge in [-0.2, -0.15) is 0 Å². The fourth-order valence-corrected chi connectivity index (χ4v) is 4.82. The Balaban J connectivity index is 2.06. The standard InChI is InChI=1S/C28H54N2/c1-4-6-8-10-12-13-14-15-16-17-18-20-22-24-27(28-29-25-26-30(28)3)23-21-19-11-9-7-5-2/h25-27H,4-24H2,1-3H3/p+1/t27-/m0/s1. The Hall–Kier alpha value is -0.790. The number of aryl methyl sites for hydroxylation is 1. The molecule has 0 aliphatic rings. The lowest BCUT2D eigenvalue weighted by Crippen LogP contribution is -2.32. The molecule has 0 unspecified atom stereocenters. The molecule has 1 N–H and O–H groups in total. The highest BCUT2D eigenvalue weighted by Crippen LogP contribution is 2.26. The Morgan fingerprint density at radius 1 is 0.600 bits per heavy atom. The van der Waals surface area contributed by atoms with Gasteiger partial charge in [0.2, 0.25) is 0 Å². The van der Waals surface area contributed by atoms with Gasteiger partial charge in [0.1, 0.15) is 12.4 Å². The van der Waals surface area contributed by atoms with Crippen molar-refractivity contribution in [3.63, 3.8) is 0 Å². The highest BCUT2D eigenvalue weighted by Gasteiger charge is 2.20. The molecule has 1 rings (SSSR count). The number of aromatic amines is 1. The van der Waals surface area contributed by atoms with Crippen LogP contribution in [0.25, 0.3) is 0 Å². The largest absolute Gasteiger partial charge is 0.257 e. The van der Waals surface area contributed by atoms with Crippen LogP contribution in [-0.4, -0.2) is 4.98 Å². The molecule has 0 aliphatic heterocycles. The monoisotopic (exact) mass is 419 g/mol. The number of hydrogen-bond acceptors (Lipinski definition) is 0. The molecule has 0 bridgehead atoms. The van der Waals surface area contributed by atoms with Crippen molar-refractivity contribution in [2.75, 3.05) is 0 Å². The second-order valence-corrected chi connectivity index (χ2v) is 9.74. The normalized spacial score (nSPS) is 12.5. The summed E-state index contributed by atoms with van der Waals surface area (Å²) in [6, 6.07) is 0. The van der Waals surface area contributed by atoms with Gasteiger partial charge >= 0.3 is 0 Å². The van der Waals surface area contributed by atoms with Crippen molar-refractivity contribution in [2.24, 2.45) is 7.05 Å². The quantitative estimate of drug-likeness (QED) is 0.143. The van der Waals surface area contributed by atoms with Crippen molar-refractivity contribution in [3.8, 4) is 0 Å². The van der Waals surface area contributed by atoms with Crippen LogP contribution >= 0.6 is 0 Å². The lowest BCUT2D eigenvalue weighted by Gasteiger charge is -2.13. The molecule has 176 valence electrons. The van der Waals surface area contributed by atoms with Gasteiger partial charge in [-0.3, -0.25) is 0 Å². The Bertz CT molecular complexity index is 465. The molecular formula is C28H55N2+. The maximum Gasteiger partial charge on any atom is 0.257 e. The van der Waals surface area contributed by atoms with Gasteiger partial charge in [-0.15, -0.1) is 0 Å². The Morgan fingerprint density at radius 3 is 1.30 bits per heavy atom. The van der Waals surface area contributed by atoms with Gasteiger partial charge in [0.15, 0.2) is 0 Å². The van der Waals surface area contributed by atoms with E-state index in [-0.39, 0.29) is 0 Å². The van der Waals surface area contributed by atoms with Crippen LogP contribution in [0, 0.1) is 0 Å². The number of nitrogens with one attached hydrogen (secondary N) is 1. The van der Waals surface area contributed by atoms with Gasteiger partial charge < -0.3 is 0 Å². The van der Waals surface area contributed by atoms with Crippen LogP contribution in [0.3, 0.4) is 0 Å². The zero-order valence-electron chi connectivity index (χ0n) is 21.0. The molecule has 1 heterocycles. The summed E-state index contributed by atoms with van der Waals surface area (Å²) in [7, 11) is 2.20. The number of rotatable bonds is 22. The van der Waals surface area contributed by atoms with E-state index >= 15 is 0 Å². The lowest BCUT2D eigenvalue weighted by atomic mass is 9.93. The van der Waals surface area contributed by atoms with Crippen molar-refractivity contribution >= 4 is 0 Å². The first kappa shape index (κ1) is 27.2. The summed E-state index contributed by atoms with van der Waals surface area (Å²) in [5.41, 5.74) is 0. The second-order valence-electron chi connectivity index (χ2n) is 9.74. The smallest absolute Gasteiger partial charge is 0.247 e. The molecule has 2 heteroatoms. The van der Waals surface area contributed by atoms with E-state index in [0.717, 1.165) is 5.92 Å². The summed E-state index contributed by atoms with van der Waals surface area (Å²) < 4.78 is 2.31. The number of nitrogens with zero attached hydrogens (tertiary/aromatic N) is 1. The van der Waals surface area contributed by atoms with E-state index in [2.05, 4.69) is 42.8 Å².